The third-order valence-electron chi connectivity index (χ3n) is 1.01. The number of hydrogen-bond acceptors (Lipinski definition) is 2. The van der Waals surface area contributed by atoms with Crippen LogP contribution in [0.2, 0.25) is 5.02 Å². The summed E-state index contributed by atoms with van der Waals surface area (Å²) in [6.45, 7) is 0. The van der Waals surface area contributed by atoms with Gasteiger partial charge in [-0.2, -0.15) is 0 Å². The van der Waals surface area contributed by atoms with Gasteiger partial charge in [-0.1, -0.05) is 23.7 Å². The Morgan fingerprint density at radius 3 is 2.55 bits per heavy atom. The van der Waals surface area contributed by atoms with Crippen molar-refractivity contribution < 1.29 is 9.42 Å². The number of halogens is 2. The van der Waals surface area contributed by atoms with Crippen LogP contribution in [0.5, 0.6) is 5.75 Å². The Bertz CT molecular complexity index is 242. The smallest absolute Gasteiger partial charge is 0.335 e. The van der Waals surface area contributed by atoms with Gasteiger partial charge < -0.3 is 9.42 Å². The summed E-state index contributed by atoms with van der Waals surface area (Å²) in [6.07, 6.45) is 0. The Morgan fingerprint density at radius 2 is 2.00 bits per heavy atom. The predicted octanol–water partition coefficient (Wildman–Crippen LogP) is 3.18. The molecule has 0 aliphatic carbocycles. The molecule has 5 heteroatoms. The van der Waals surface area contributed by atoms with Crippen LogP contribution >= 0.6 is 30.6 Å². The Kier molecular flexibility index (Phi) is 3.41. The van der Waals surface area contributed by atoms with Crippen molar-refractivity contribution in [2.45, 2.75) is 0 Å². The van der Waals surface area contributed by atoms with Crippen molar-refractivity contribution in [2.24, 2.45) is 0 Å². The highest BCUT2D eigenvalue weighted by atomic mass is 35.7. The summed E-state index contributed by atoms with van der Waals surface area (Å²) in [6, 6.07) is 6.81. The number of para-hydroxylation sites is 1. The maximum atomic E-state index is 8.68. The van der Waals surface area contributed by atoms with E-state index in [-0.39, 0.29) is 0 Å². The fourth-order valence-corrected chi connectivity index (χ4v) is 1.37. The lowest BCUT2D eigenvalue weighted by Gasteiger charge is -2.05. The molecule has 0 amide bonds. The molecular weight excluding hydrogens is 206 g/mol. The minimum atomic E-state index is -1.91. The van der Waals surface area contributed by atoms with Crippen LogP contribution in [0.15, 0.2) is 24.3 Å². The average Bonchev–Trinajstić information content (AvgIpc) is 1.93. The fourth-order valence-electron chi connectivity index (χ4n) is 0.600. The van der Waals surface area contributed by atoms with Crippen molar-refractivity contribution in [3.63, 3.8) is 0 Å². The van der Waals surface area contributed by atoms with Crippen LogP contribution in [-0.4, -0.2) is 4.89 Å². The minimum absolute atomic E-state index is 0.401. The number of hydrogen-bond donors (Lipinski definition) is 1. The summed E-state index contributed by atoms with van der Waals surface area (Å²) in [5, 5.41) is 0.440. The van der Waals surface area contributed by atoms with Crippen LogP contribution < -0.4 is 4.52 Å². The first-order chi connectivity index (χ1) is 5.20. The predicted molar refractivity (Wildman–Crippen MR) is 47.1 cm³/mol. The molecule has 0 aliphatic rings. The van der Waals surface area contributed by atoms with Crippen LogP contribution in [0, 0.1) is 0 Å². The van der Waals surface area contributed by atoms with Gasteiger partial charge in [0.05, 0.1) is 5.02 Å². The van der Waals surface area contributed by atoms with E-state index >= 15 is 0 Å². The van der Waals surface area contributed by atoms with Crippen LogP contribution in [0.25, 0.3) is 0 Å². The van der Waals surface area contributed by atoms with Gasteiger partial charge in [0.25, 0.3) is 0 Å². The van der Waals surface area contributed by atoms with Crippen molar-refractivity contribution in [1.82, 2.24) is 0 Å². The van der Waals surface area contributed by atoms with Crippen molar-refractivity contribution in [1.29, 1.82) is 0 Å². The van der Waals surface area contributed by atoms with Crippen molar-refractivity contribution in [3.05, 3.63) is 29.3 Å². The summed E-state index contributed by atoms with van der Waals surface area (Å²) >= 11 is 10.9. The van der Waals surface area contributed by atoms with Gasteiger partial charge in [0.15, 0.2) is 0 Å². The topological polar surface area (TPSA) is 29.5 Å². The van der Waals surface area contributed by atoms with E-state index in [1.165, 1.54) is 0 Å². The zero-order chi connectivity index (χ0) is 8.27. The highest BCUT2D eigenvalue weighted by Crippen LogP contribution is 2.40. The molecular formula is C6H5Cl2O2P. The zero-order valence-corrected chi connectivity index (χ0v) is 7.77. The van der Waals surface area contributed by atoms with Gasteiger partial charge in [0.2, 0.25) is 0 Å². The van der Waals surface area contributed by atoms with Crippen molar-refractivity contribution in [2.75, 3.05) is 0 Å². The number of rotatable bonds is 2. The second-order valence-corrected chi connectivity index (χ2v) is 3.66. The van der Waals surface area contributed by atoms with Crippen LogP contribution in [0.4, 0.5) is 0 Å². The van der Waals surface area contributed by atoms with E-state index in [0.717, 1.165) is 0 Å². The fraction of sp³-hybridized carbons (Fsp3) is 0. The molecule has 1 aromatic rings. The molecule has 1 N–H and O–H groups in total. The van der Waals surface area contributed by atoms with E-state index in [1.54, 1.807) is 24.3 Å². The highest BCUT2D eigenvalue weighted by Gasteiger charge is 2.04. The third kappa shape index (κ3) is 2.84. The quantitative estimate of drug-likeness (QED) is 0.761. The molecule has 2 nitrogen and oxygen atoms in total. The second-order valence-electron chi connectivity index (χ2n) is 1.75. The molecule has 1 aromatic carbocycles. The first-order valence-corrected chi connectivity index (χ1v) is 5.27. The summed E-state index contributed by atoms with van der Waals surface area (Å²) < 4.78 is 4.80. The average molecular weight is 211 g/mol. The molecule has 0 saturated heterocycles. The Balaban J connectivity index is 2.78. The molecule has 0 spiro atoms. The lowest BCUT2D eigenvalue weighted by Crippen LogP contribution is -1.81. The third-order valence-corrected chi connectivity index (χ3v) is 1.88. The van der Waals surface area contributed by atoms with E-state index in [4.69, 9.17) is 32.3 Å². The van der Waals surface area contributed by atoms with Gasteiger partial charge in [-0.3, -0.25) is 0 Å². The van der Waals surface area contributed by atoms with E-state index < -0.39 is 7.73 Å². The number of benzene rings is 1. The van der Waals surface area contributed by atoms with Gasteiger partial charge in [-0.15, -0.1) is 0 Å². The first-order valence-electron chi connectivity index (χ1n) is 2.77. The van der Waals surface area contributed by atoms with Gasteiger partial charge in [0.1, 0.15) is 5.75 Å². The zero-order valence-electron chi connectivity index (χ0n) is 5.37. The Morgan fingerprint density at radius 1 is 1.36 bits per heavy atom. The standard InChI is InChI=1S/C6H5Cl2O2P/c7-5-3-1-2-4-6(5)10-11(8)9/h1-4,9H. The molecule has 1 unspecified atom stereocenters. The molecule has 0 saturated carbocycles. The monoisotopic (exact) mass is 210 g/mol. The molecule has 0 fully saturated rings. The molecule has 1 rings (SSSR count). The SMILES string of the molecule is OP(Cl)Oc1ccccc1Cl. The molecule has 11 heavy (non-hydrogen) atoms. The van der Waals surface area contributed by atoms with Crippen LogP contribution in [0.1, 0.15) is 0 Å². The van der Waals surface area contributed by atoms with Crippen molar-refractivity contribution in [3.8, 4) is 5.75 Å². The molecule has 1 atom stereocenters. The Hall–Kier alpha value is -0.0100. The second kappa shape index (κ2) is 4.13. The maximum absolute atomic E-state index is 8.68. The van der Waals surface area contributed by atoms with Crippen LogP contribution in [0.3, 0.4) is 0 Å². The molecule has 0 radical (unpaired) electrons. The van der Waals surface area contributed by atoms with Crippen molar-refractivity contribution >= 4 is 30.6 Å². The normalized spacial score (nSPS) is 12.6. The van der Waals surface area contributed by atoms with Gasteiger partial charge in [-0.05, 0) is 23.4 Å². The first kappa shape index (κ1) is 9.08. The van der Waals surface area contributed by atoms with Gasteiger partial charge in [0, 0.05) is 0 Å². The summed E-state index contributed by atoms with van der Waals surface area (Å²) in [5.74, 6) is 0.401. The largest absolute Gasteiger partial charge is 0.435 e. The summed E-state index contributed by atoms with van der Waals surface area (Å²) in [5.41, 5.74) is 0. The van der Waals surface area contributed by atoms with E-state index in [2.05, 4.69) is 0 Å². The lowest BCUT2D eigenvalue weighted by molar-refractivity contribution is 0.506. The van der Waals surface area contributed by atoms with Gasteiger partial charge >= 0.3 is 7.73 Å². The molecule has 0 aliphatic heterocycles. The minimum Gasteiger partial charge on any atom is -0.435 e. The maximum Gasteiger partial charge on any atom is 0.335 e. The highest BCUT2D eigenvalue weighted by molar-refractivity contribution is 7.75. The molecule has 0 bridgehead atoms. The van der Waals surface area contributed by atoms with Crippen LogP contribution in [-0.2, 0) is 0 Å². The Labute approximate surface area is 75.4 Å². The van der Waals surface area contributed by atoms with Gasteiger partial charge in [-0.25, -0.2) is 0 Å². The van der Waals surface area contributed by atoms with E-state index in [0.29, 0.717) is 10.8 Å². The molecule has 0 heterocycles. The van der Waals surface area contributed by atoms with E-state index in [1.807, 2.05) is 0 Å². The summed E-state index contributed by atoms with van der Waals surface area (Å²) in [4.78, 5) is 8.68. The summed E-state index contributed by atoms with van der Waals surface area (Å²) in [7, 11) is -1.91. The molecule has 60 valence electrons. The molecule has 0 aromatic heterocycles. The lowest BCUT2D eigenvalue weighted by atomic mass is 10.3. The van der Waals surface area contributed by atoms with E-state index in [9.17, 15) is 0 Å².